The summed E-state index contributed by atoms with van der Waals surface area (Å²) in [4.78, 5) is 16.7. The fourth-order valence-electron chi connectivity index (χ4n) is 1.51. The summed E-state index contributed by atoms with van der Waals surface area (Å²) in [7, 11) is 0. The minimum absolute atomic E-state index is 0.0209. The van der Waals surface area contributed by atoms with Crippen molar-refractivity contribution in [3.05, 3.63) is 24.1 Å². The zero-order chi connectivity index (χ0) is 9.68. The van der Waals surface area contributed by atoms with Crippen LogP contribution in [0.25, 0.3) is 4.85 Å². The van der Waals surface area contributed by atoms with E-state index >= 15 is 0 Å². The molecule has 0 aromatic rings. The molecule has 1 aliphatic heterocycles. The van der Waals surface area contributed by atoms with E-state index in [2.05, 4.69) is 11.4 Å². The maximum Gasteiger partial charge on any atom is 0.306 e. The van der Waals surface area contributed by atoms with Gasteiger partial charge >= 0.3 is 11.9 Å². The Kier molecular flexibility index (Phi) is 3.51. The van der Waals surface area contributed by atoms with Gasteiger partial charge in [-0.2, -0.15) is 0 Å². The van der Waals surface area contributed by atoms with Crippen molar-refractivity contribution in [1.82, 2.24) is 4.90 Å². The SMILES string of the molecule is [C-]#[N+]C(CC=C)C(=O)N1CCCC1. The van der Waals surface area contributed by atoms with Crippen molar-refractivity contribution in [3.8, 4) is 0 Å². The van der Waals surface area contributed by atoms with Gasteiger partial charge in [-0.15, -0.1) is 6.58 Å². The highest BCUT2D eigenvalue weighted by molar-refractivity contribution is 5.83. The third-order valence-corrected chi connectivity index (χ3v) is 2.25. The molecule has 1 unspecified atom stereocenters. The summed E-state index contributed by atoms with van der Waals surface area (Å²) in [6, 6.07) is -0.532. The summed E-state index contributed by atoms with van der Waals surface area (Å²) < 4.78 is 0. The van der Waals surface area contributed by atoms with Crippen LogP contribution in [0.15, 0.2) is 12.7 Å². The molecule has 0 spiro atoms. The van der Waals surface area contributed by atoms with E-state index in [-0.39, 0.29) is 5.91 Å². The van der Waals surface area contributed by atoms with E-state index in [1.807, 2.05) is 0 Å². The van der Waals surface area contributed by atoms with Crippen molar-refractivity contribution in [2.45, 2.75) is 25.3 Å². The van der Waals surface area contributed by atoms with Crippen LogP contribution < -0.4 is 0 Å². The van der Waals surface area contributed by atoms with E-state index in [9.17, 15) is 4.79 Å². The first-order valence-electron chi connectivity index (χ1n) is 4.56. The summed E-state index contributed by atoms with van der Waals surface area (Å²) in [6.07, 6.45) is 4.25. The highest BCUT2D eigenvalue weighted by atomic mass is 16.2. The Bertz CT molecular complexity index is 236. The molecule has 0 aromatic heterocycles. The molecule has 0 radical (unpaired) electrons. The van der Waals surface area contributed by atoms with Gasteiger partial charge in [0.25, 0.3) is 0 Å². The van der Waals surface area contributed by atoms with Crippen LogP contribution in [0.2, 0.25) is 0 Å². The van der Waals surface area contributed by atoms with E-state index in [4.69, 9.17) is 6.57 Å². The maximum absolute atomic E-state index is 11.6. The molecule has 1 heterocycles. The molecular formula is C10H14N2O. The lowest BCUT2D eigenvalue weighted by molar-refractivity contribution is -0.130. The minimum atomic E-state index is -0.532. The second-order valence-corrected chi connectivity index (χ2v) is 3.20. The van der Waals surface area contributed by atoms with Gasteiger partial charge in [0.2, 0.25) is 0 Å². The van der Waals surface area contributed by atoms with Crippen LogP contribution in [-0.2, 0) is 4.79 Å². The van der Waals surface area contributed by atoms with Gasteiger partial charge in [0.15, 0.2) is 0 Å². The highest BCUT2D eigenvalue weighted by Crippen LogP contribution is 2.12. The topological polar surface area (TPSA) is 24.7 Å². The molecule has 70 valence electrons. The van der Waals surface area contributed by atoms with Gasteiger partial charge in [-0.25, -0.2) is 6.57 Å². The lowest BCUT2D eigenvalue weighted by atomic mass is 10.2. The van der Waals surface area contributed by atoms with Crippen molar-refractivity contribution in [2.24, 2.45) is 0 Å². The number of likely N-dealkylation sites (tertiary alicyclic amines) is 1. The molecule has 3 nitrogen and oxygen atoms in total. The average molecular weight is 178 g/mol. The van der Waals surface area contributed by atoms with E-state index in [0.29, 0.717) is 6.42 Å². The van der Waals surface area contributed by atoms with Gasteiger partial charge in [0.05, 0.1) is 6.42 Å². The first-order chi connectivity index (χ1) is 6.29. The van der Waals surface area contributed by atoms with Crippen molar-refractivity contribution >= 4 is 5.91 Å². The van der Waals surface area contributed by atoms with Crippen LogP contribution >= 0.6 is 0 Å². The molecule has 1 fully saturated rings. The number of amides is 1. The number of carbonyl (C=O) groups excluding carboxylic acids is 1. The maximum atomic E-state index is 11.6. The van der Waals surface area contributed by atoms with Crippen molar-refractivity contribution < 1.29 is 4.79 Å². The van der Waals surface area contributed by atoms with Crippen molar-refractivity contribution in [3.63, 3.8) is 0 Å². The van der Waals surface area contributed by atoms with Crippen LogP contribution in [0, 0.1) is 6.57 Å². The molecule has 0 bridgehead atoms. The van der Waals surface area contributed by atoms with Crippen LogP contribution in [0.5, 0.6) is 0 Å². The van der Waals surface area contributed by atoms with Gasteiger partial charge in [0.1, 0.15) is 0 Å². The molecule has 13 heavy (non-hydrogen) atoms. The van der Waals surface area contributed by atoms with E-state index < -0.39 is 6.04 Å². The lowest BCUT2D eigenvalue weighted by Crippen LogP contribution is -2.35. The fourth-order valence-corrected chi connectivity index (χ4v) is 1.51. The zero-order valence-corrected chi connectivity index (χ0v) is 7.70. The monoisotopic (exact) mass is 178 g/mol. The Balaban J connectivity index is 2.53. The average Bonchev–Trinajstić information content (AvgIpc) is 2.65. The molecular weight excluding hydrogens is 164 g/mol. The standard InChI is InChI=1S/C10H14N2O/c1-3-6-9(11-2)10(13)12-7-4-5-8-12/h3,9H,1,4-8H2. The molecule has 1 saturated heterocycles. The molecule has 1 aliphatic rings. The number of hydrogen-bond acceptors (Lipinski definition) is 1. The zero-order valence-electron chi connectivity index (χ0n) is 7.70. The van der Waals surface area contributed by atoms with Crippen LogP contribution in [0.3, 0.4) is 0 Å². The second-order valence-electron chi connectivity index (χ2n) is 3.20. The van der Waals surface area contributed by atoms with Gasteiger partial charge in [-0.1, -0.05) is 6.08 Å². The predicted octanol–water partition coefficient (Wildman–Crippen LogP) is 1.47. The second kappa shape index (κ2) is 4.66. The summed E-state index contributed by atoms with van der Waals surface area (Å²) in [6.45, 7) is 12.1. The van der Waals surface area contributed by atoms with Crippen molar-refractivity contribution in [2.75, 3.05) is 13.1 Å². The number of carbonyl (C=O) groups is 1. The molecule has 0 saturated carbocycles. The molecule has 0 aliphatic carbocycles. The summed E-state index contributed by atoms with van der Waals surface area (Å²) in [5.41, 5.74) is 0. The number of hydrogen-bond donors (Lipinski definition) is 0. The van der Waals surface area contributed by atoms with E-state index in [0.717, 1.165) is 25.9 Å². The fraction of sp³-hybridized carbons (Fsp3) is 0.600. The molecule has 1 atom stereocenters. The number of rotatable bonds is 3. The lowest BCUT2D eigenvalue weighted by Gasteiger charge is -2.14. The highest BCUT2D eigenvalue weighted by Gasteiger charge is 2.29. The smallest absolute Gasteiger partial charge is 0.306 e. The summed E-state index contributed by atoms with van der Waals surface area (Å²) in [5, 5.41) is 0. The third kappa shape index (κ3) is 2.32. The quantitative estimate of drug-likeness (QED) is 0.474. The molecule has 1 amide bonds. The normalized spacial score (nSPS) is 17.9. The predicted molar refractivity (Wildman–Crippen MR) is 51.0 cm³/mol. The molecule has 1 rings (SSSR count). The van der Waals surface area contributed by atoms with Gasteiger partial charge in [-0.3, -0.25) is 4.79 Å². The van der Waals surface area contributed by atoms with Gasteiger partial charge in [0, 0.05) is 13.1 Å². The van der Waals surface area contributed by atoms with Crippen LogP contribution in [-0.4, -0.2) is 29.9 Å². The van der Waals surface area contributed by atoms with Crippen LogP contribution in [0.1, 0.15) is 19.3 Å². The molecule has 3 heteroatoms. The largest absolute Gasteiger partial charge is 0.336 e. The van der Waals surface area contributed by atoms with Crippen molar-refractivity contribution in [1.29, 1.82) is 0 Å². The van der Waals surface area contributed by atoms with E-state index in [1.165, 1.54) is 0 Å². The Hall–Kier alpha value is -1.30. The molecule has 0 N–H and O–H groups in total. The summed E-state index contributed by atoms with van der Waals surface area (Å²) in [5.74, 6) is -0.0209. The summed E-state index contributed by atoms with van der Waals surface area (Å²) >= 11 is 0. The Morgan fingerprint density at radius 3 is 2.69 bits per heavy atom. The Morgan fingerprint density at radius 1 is 1.62 bits per heavy atom. The Morgan fingerprint density at radius 2 is 2.23 bits per heavy atom. The Labute approximate surface area is 78.9 Å². The molecule has 0 aromatic carbocycles. The minimum Gasteiger partial charge on any atom is -0.336 e. The third-order valence-electron chi connectivity index (χ3n) is 2.25. The van der Waals surface area contributed by atoms with Gasteiger partial charge < -0.3 is 9.74 Å². The van der Waals surface area contributed by atoms with E-state index in [1.54, 1.807) is 11.0 Å². The van der Waals surface area contributed by atoms with Crippen LogP contribution in [0.4, 0.5) is 0 Å². The van der Waals surface area contributed by atoms with Gasteiger partial charge in [-0.05, 0) is 12.8 Å². The number of nitrogens with zero attached hydrogens (tertiary/aromatic N) is 2. The first-order valence-corrected chi connectivity index (χ1v) is 4.56. The first kappa shape index (κ1) is 9.79.